The quantitative estimate of drug-likeness (QED) is 0.257. The smallest absolute Gasteiger partial charge is 0.0814 e. The molecule has 1 fully saturated rings. The minimum Gasteiger partial charge on any atom is -0.396 e. The second kappa shape index (κ2) is 13.5. The van der Waals surface area contributed by atoms with Gasteiger partial charge in [-0.2, -0.15) is 0 Å². The molecule has 1 aliphatic carbocycles. The maximum Gasteiger partial charge on any atom is 0.0814 e. The summed E-state index contributed by atoms with van der Waals surface area (Å²) in [5.41, 5.74) is 0.355. The molecule has 5 heteroatoms. The Morgan fingerprint density at radius 2 is 1.00 bits per heavy atom. The molecule has 0 amide bonds. The molecule has 0 saturated heterocycles. The Kier molecular flexibility index (Phi) is 10.1. The van der Waals surface area contributed by atoms with E-state index in [1.54, 1.807) is 0 Å². The lowest BCUT2D eigenvalue weighted by Gasteiger charge is -2.35. The first-order valence-corrected chi connectivity index (χ1v) is 15.8. The zero-order valence-electron chi connectivity index (χ0n) is 20.5. The number of hydrogen-bond acceptors (Lipinski definition) is 2. The van der Waals surface area contributed by atoms with Gasteiger partial charge in [-0.3, -0.25) is 0 Å². The highest BCUT2D eigenvalue weighted by Crippen LogP contribution is 2.55. The van der Waals surface area contributed by atoms with Crippen molar-refractivity contribution in [1.29, 1.82) is 0 Å². The van der Waals surface area contributed by atoms with Crippen LogP contribution in [-0.2, 0) is 0 Å². The fourth-order valence-electron chi connectivity index (χ4n) is 5.77. The maximum atomic E-state index is 11.4. The molecule has 0 radical (unpaired) electrons. The number of rotatable bonds is 9. The summed E-state index contributed by atoms with van der Waals surface area (Å²) < 4.78 is 0. The molecule has 0 bridgehead atoms. The van der Waals surface area contributed by atoms with E-state index in [0.717, 1.165) is 12.6 Å². The molecule has 2 nitrogen and oxygen atoms in total. The molecule has 0 heterocycles. The van der Waals surface area contributed by atoms with Gasteiger partial charge in [-0.05, 0) is 73.6 Å². The van der Waals surface area contributed by atoms with Crippen LogP contribution in [0.3, 0.4) is 0 Å². The minimum atomic E-state index is -0.655. The van der Waals surface area contributed by atoms with Gasteiger partial charge in [0.05, 0.1) is 14.5 Å². The SMILES string of the molecule is B.OCCC1C(O)C[C@H](P(c2ccccc2)c2ccccc2)[C@H]1CP(c1ccccc1)c1ccccc1. The van der Waals surface area contributed by atoms with E-state index < -0.39 is 15.8 Å². The average Bonchev–Trinajstić information content (AvgIpc) is 3.24. The molecule has 1 saturated carbocycles. The van der Waals surface area contributed by atoms with Crippen molar-refractivity contribution in [3.05, 3.63) is 121 Å². The van der Waals surface area contributed by atoms with Crippen molar-refractivity contribution < 1.29 is 10.2 Å². The molecule has 190 valence electrons. The molecule has 5 rings (SSSR count). The van der Waals surface area contributed by atoms with Crippen LogP contribution >= 0.6 is 15.8 Å². The van der Waals surface area contributed by atoms with Gasteiger partial charge in [0.15, 0.2) is 0 Å². The van der Waals surface area contributed by atoms with E-state index in [9.17, 15) is 10.2 Å². The summed E-state index contributed by atoms with van der Waals surface area (Å²) >= 11 is 0. The van der Waals surface area contributed by atoms with Crippen molar-refractivity contribution >= 4 is 45.5 Å². The van der Waals surface area contributed by atoms with Crippen LogP contribution in [0.25, 0.3) is 0 Å². The van der Waals surface area contributed by atoms with Crippen LogP contribution in [0.4, 0.5) is 0 Å². The van der Waals surface area contributed by atoms with E-state index in [0.29, 0.717) is 18.0 Å². The summed E-state index contributed by atoms with van der Waals surface area (Å²) in [5.74, 6) is 0.431. The zero-order valence-corrected chi connectivity index (χ0v) is 22.3. The average molecular weight is 526 g/mol. The molecule has 37 heavy (non-hydrogen) atoms. The van der Waals surface area contributed by atoms with E-state index in [-0.39, 0.29) is 27.0 Å². The van der Waals surface area contributed by atoms with Gasteiger partial charge in [-0.15, -0.1) is 0 Å². The van der Waals surface area contributed by atoms with Crippen molar-refractivity contribution in [1.82, 2.24) is 0 Å². The fraction of sp³-hybridized carbons (Fsp3) is 0.250. The normalized spacial score (nSPS) is 21.2. The van der Waals surface area contributed by atoms with Crippen LogP contribution in [0.15, 0.2) is 121 Å². The molecule has 2 unspecified atom stereocenters. The van der Waals surface area contributed by atoms with Crippen molar-refractivity contribution in [2.24, 2.45) is 11.8 Å². The predicted molar refractivity (Wildman–Crippen MR) is 166 cm³/mol. The number of aliphatic hydroxyl groups excluding tert-OH is 2. The lowest BCUT2D eigenvalue weighted by atomic mass is 9.93. The fourth-order valence-corrected chi connectivity index (χ4v) is 11.9. The van der Waals surface area contributed by atoms with Crippen molar-refractivity contribution in [2.45, 2.75) is 24.6 Å². The Morgan fingerprint density at radius 1 is 0.595 bits per heavy atom. The second-order valence-electron chi connectivity index (χ2n) is 9.53. The molecule has 2 N–H and O–H groups in total. The first kappa shape index (κ1) is 27.8. The Morgan fingerprint density at radius 3 is 1.41 bits per heavy atom. The monoisotopic (exact) mass is 526 g/mol. The topological polar surface area (TPSA) is 40.5 Å². The van der Waals surface area contributed by atoms with Gasteiger partial charge in [-0.25, -0.2) is 0 Å². The molecule has 0 aliphatic heterocycles. The lowest BCUT2D eigenvalue weighted by molar-refractivity contribution is 0.100. The van der Waals surface area contributed by atoms with Crippen molar-refractivity contribution in [3.63, 3.8) is 0 Å². The molecule has 0 aromatic heterocycles. The van der Waals surface area contributed by atoms with Gasteiger partial charge in [0.2, 0.25) is 0 Å². The molecule has 4 aromatic rings. The van der Waals surface area contributed by atoms with E-state index in [2.05, 4.69) is 121 Å². The van der Waals surface area contributed by atoms with Gasteiger partial charge in [0.1, 0.15) is 0 Å². The van der Waals surface area contributed by atoms with Crippen LogP contribution in [0.1, 0.15) is 12.8 Å². The van der Waals surface area contributed by atoms with E-state index in [1.165, 1.54) is 21.2 Å². The second-order valence-corrected chi connectivity index (χ2v) is 14.2. The summed E-state index contributed by atoms with van der Waals surface area (Å²) in [7, 11) is -1.24. The van der Waals surface area contributed by atoms with Crippen LogP contribution in [0.2, 0.25) is 0 Å². The lowest BCUT2D eigenvalue weighted by Crippen LogP contribution is -2.32. The van der Waals surface area contributed by atoms with Crippen molar-refractivity contribution in [3.8, 4) is 0 Å². The standard InChI is InChI=1S/C32H34O2P2.BH3/c33-22-21-29-30(24-35(25-13-5-1-6-14-25)26-15-7-2-8-16-26)32(23-31(29)34)36(27-17-9-3-10-18-27)28-19-11-4-12-20-28;/h1-20,29-34H,21-24H2;1H3/t29?,30-,31?,32-;/m0./s1. The third-order valence-corrected chi connectivity index (χ3v) is 13.0. The summed E-state index contributed by atoms with van der Waals surface area (Å²) in [5, 5.41) is 26.9. The molecule has 0 spiro atoms. The first-order valence-electron chi connectivity index (χ1n) is 12.8. The first-order chi connectivity index (χ1) is 17.8. The van der Waals surface area contributed by atoms with Crippen LogP contribution in [0, 0.1) is 11.8 Å². The third-order valence-electron chi connectivity index (χ3n) is 7.41. The van der Waals surface area contributed by atoms with Gasteiger partial charge in [0, 0.05) is 6.61 Å². The third kappa shape index (κ3) is 6.42. The summed E-state index contributed by atoms with van der Waals surface area (Å²) in [6.45, 7) is 0.119. The highest BCUT2D eigenvalue weighted by Gasteiger charge is 2.46. The van der Waals surface area contributed by atoms with Crippen LogP contribution < -0.4 is 21.2 Å². The molecule has 1 aliphatic rings. The largest absolute Gasteiger partial charge is 0.396 e. The molecular weight excluding hydrogens is 489 g/mol. The van der Waals surface area contributed by atoms with Gasteiger partial charge < -0.3 is 10.2 Å². The number of benzene rings is 4. The van der Waals surface area contributed by atoms with E-state index >= 15 is 0 Å². The predicted octanol–water partition coefficient (Wildman–Crippen LogP) is 3.82. The summed E-state index contributed by atoms with van der Waals surface area (Å²) in [6.07, 6.45) is 2.08. The Labute approximate surface area is 225 Å². The zero-order chi connectivity index (χ0) is 24.7. The van der Waals surface area contributed by atoms with Crippen LogP contribution in [0.5, 0.6) is 0 Å². The summed E-state index contributed by atoms with van der Waals surface area (Å²) in [4.78, 5) is 0. The Hall–Kier alpha value is -2.28. The number of aliphatic hydroxyl groups is 2. The highest BCUT2D eigenvalue weighted by atomic mass is 31.1. The Bertz CT molecular complexity index is 1120. The summed E-state index contributed by atoms with van der Waals surface area (Å²) in [6, 6.07) is 43.6. The minimum absolute atomic E-state index is 0. The van der Waals surface area contributed by atoms with E-state index in [4.69, 9.17) is 0 Å². The highest BCUT2D eigenvalue weighted by molar-refractivity contribution is 7.74. The van der Waals surface area contributed by atoms with Gasteiger partial charge in [-0.1, -0.05) is 121 Å². The molecule has 4 aromatic carbocycles. The van der Waals surface area contributed by atoms with Crippen LogP contribution in [-0.4, -0.2) is 43.2 Å². The van der Waals surface area contributed by atoms with Gasteiger partial charge in [0.25, 0.3) is 0 Å². The Balaban J connectivity index is 0.00000320. The van der Waals surface area contributed by atoms with Crippen molar-refractivity contribution in [2.75, 3.05) is 12.8 Å². The van der Waals surface area contributed by atoms with E-state index in [1.807, 2.05) is 0 Å². The molecular formula is C32H37BO2P2. The number of hydrogen-bond donors (Lipinski definition) is 2. The maximum absolute atomic E-state index is 11.4. The van der Waals surface area contributed by atoms with Gasteiger partial charge >= 0.3 is 0 Å². The molecule has 4 atom stereocenters.